The van der Waals surface area contributed by atoms with Crippen LogP contribution in [0.15, 0.2) is 72.8 Å². The summed E-state index contributed by atoms with van der Waals surface area (Å²) in [6.45, 7) is 2.79. The topological polar surface area (TPSA) is 54.4 Å². The lowest BCUT2D eigenvalue weighted by atomic mass is 9.76. The number of benzene rings is 3. The van der Waals surface area contributed by atoms with Gasteiger partial charge in [0.25, 0.3) is 0 Å². The molecule has 0 bridgehead atoms. The van der Waals surface area contributed by atoms with Crippen LogP contribution in [0.25, 0.3) is 0 Å². The first-order valence-corrected chi connectivity index (χ1v) is 11.7. The molecule has 0 fully saturated rings. The van der Waals surface area contributed by atoms with Gasteiger partial charge in [-0.3, -0.25) is 0 Å². The van der Waals surface area contributed by atoms with E-state index in [1.54, 1.807) is 7.11 Å². The van der Waals surface area contributed by atoms with Crippen LogP contribution >= 0.6 is 0 Å². The maximum absolute atomic E-state index is 8.73. The molecule has 4 rings (SSSR count). The highest BCUT2D eigenvalue weighted by Gasteiger charge is 2.44. The summed E-state index contributed by atoms with van der Waals surface area (Å²) in [5, 5.41) is 8.73. The number of para-hydroxylation sites is 2. The first kappa shape index (κ1) is 24.2. The Hall–Kier alpha value is -2.90. The highest BCUT2D eigenvalue weighted by Crippen LogP contribution is 2.52. The van der Waals surface area contributed by atoms with Crippen molar-refractivity contribution in [3.63, 3.8) is 0 Å². The lowest BCUT2D eigenvalue weighted by Gasteiger charge is -2.43. The molecule has 0 aliphatic carbocycles. The van der Waals surface area contributed by atoms with Gasteiger partial charge in [0.15, 0.2) is 0 Å². The molecule has 0 aromatic heterocycles. The van der Waals surface area contributed by atoms with Gasteiger partial charge in [-0.1, -0.05) is 48.5 Å². The average molecular weight is 463 g/mol. The van der Waals surface area contributed by atoms with E-state index in [0.29, 0.717) is 26.4 Å². The van der Waals surface area contributed by atoms with Gasteiger partial charge in [0.1, 0.15) is 5.60 Å². The minimum absolute atomic E-state index is 0.0387. The van der Waals surface area contributed by atoms with Crippen molar-refractivity contribution < 1.29 is 19.3 Å². The Morgan fingerprint density at radius 3 is 1.91 bits per heavy atom. The molecule has 180 valence electrons. The molecule has 34 heavy (non-hydrogen) atoms. The van der Waals surface area contributed by atoms with Crippen LogP contribution in [0.4, 0.5) is 17.1 Å². The molecule has 0 unspecified atom stereocenters. The fourth-order valence-corrected chi connectivity index (χ4v) is 4.72. The second-order valence-electron chi connectivity index (χ2n) is 8.40. The van der Waals surface area contributed by atoms with Gasteiger partial charge in [0.05, 0.1) is 33.0 Å². The zero-order valence-corrected chi connectivity index (χ0v) is 20.2. The highest BCUT2D eigenvalue weighted by atomic mass is 16.5. The van der Waals surface area contributed by atoms with Crippen molar-refractivity contribution in [2.75, 3.05) is 70.6 Å². The van der Waals surface area contributed by atoms with E-state index in [0.717, 1.165) is 40.3 Å². The molecule has 0 spiro atoms. The first-order valence-electron chi connectivity index (χ1n) is 11.7. The van der Waals surface area contributed by atoms with Gasteiger partial charge < -0.3 is 29.1 Å². The zero-order chi connectivity index (χ0) is 24.0. The van der Waals surface area contributed by atoms with Crippen molar-refractivity contribution in [1.82, 2.24) is 0 Å². The van der Waals surface area contributed by atoms with E-state index in [1.807, 2.05) is 0 Å². The number of fused-ring (bicyclic) bond motifs is 2. The van der Waals surface area contributed by atoms with Crippen molar-refractivity contribution >= 4 is 17.1 Å². The van der Waals surface area contributed by atoms with Crippen molar-refractivity contribution in [2.45, 2.75) is 5.60 Å². The van der Waals surface area contributed by atoms with Crippen LogP contribution in [-0.2, 0) is 19.8 Å². The van der Waals surface area contributed by atoms with Crippen LogP contribution in [0.1, 0.15) is 16.7 Å². The molecule has 6 nitrogen and oxygen atoms in total. The molecule has 6 heteroatoms. The van der Waals surface area contributed by atoms with E-state index in [4.69, 9.17) is 19.3 Å². The third-order valence-corrected chi connectivity index (χ3v) is 6.49. The molecule has 0 radical (unpaired) electrons. The van der Waals surface area contributed by atoms with Crippen molar-refractivity contribution in [3.8, 4) is 0 Å². The zero-order valence-electron chi connectivity index (χ0n) is 20.2. The molecule has 3 aromatic carbocycles. The average Bonchev–Trinajstić information content (AvgIpc) is 2.89. The number of anilines is 3. The predicted molar refractivity (Wildman–Crippen MR) is 136 cm³/mol. The van der Waals surface area contributed by atoms with Crippen molar-refractivity contribution in [3.05, 3.63) is 89.5 Å². The minimum atomic E-state index is -0.686. The SMILES string of the molecule is COC1(c2ccc(N(C)CCOCCOCCO)cc2)c2ccccc2N(C)c2ccccc21. The third kappa shape index (κ3) is 4.55. The summed E-state index contributed by atoms with van der Waals surface area (Å²) in [6, 6.07) is 25.5. The normalized spacial score (nSPS) is 13.9. The summed E-state index contributed by atoms with van der Waals surface area (Å²) in [5.74, 6) is 0. The quantitative estimate of drug-likeness (QED) is 0.432. The monoisotopic (exact) mass is 462 g/mol. The van der Waals surface area contributed by atoms with E-state index in [2.05, 4.69) is 96.7 Å². The Balaban J connectivity index is 1.56. The number of ether oxygens (including phenoxy) is 3. The van der Waals surface area contributed by atoms with Gasteiger partial charge in [0.2, 0.25) is 0 Å². The fourth-order valence-electron chi connectivity index (χ4n) is 4.72. The summed E-state index contributed by atoms with van der Waals surface area (Å²) in [7, 11) is 5.96. The van der Waals surface area contributed by atoms with E-state index in [9.17, 15) is 0 Å². The summed E-state index contributed by atoms with van der Waals surface area (Å²) in [4.78, 5) is 4.41. The van der Waals surface area contributed by atoms with Gasteiger partial charge in [0, 0.05) is 55.9 Å². The van der Waals surface area contributed by atoms with E-state index >= 15 is 0 Å². The number of aliphatic hydroxyl groups is 1. The molecule has 0 atom stereocenters. The van der Waals surface area contributed by atoms with Crippen LogP contribution in [0.3, 0.4) is 0 Å². The highest BCUT2D eigenvalue weighted by molar-refractivity contribution is 5.79. The molecule has 0 saturated carbocycles. The fraction of sp³-hybridized carbons (Fsp3) is 0.357. The number of hydrogen-bond acceptors (Lipinski definition) is 6. The molecule has 3 aromatic rings. The Bertz CT molecular complexity index is 1020. The lowest BCUT2D eigenvalue weighted by Crippen LogP contribution is -2.38. The summed E-state index contributed by atoms with van der Waals surface area (Å²) < 4.78 is 17.3. The van der Waals surface area contributed by atoms with Crippen molar-refractivity contribution in [2.24, 2.45) is 0 Å². The molecule has 0 saturated heterocycles. The summed E-state index contributed by atoms with van der Waals surface area (Å²) in [5.41, 5.74) is 6.08. The Morgan fingerprint density at radius 2 is 1.35 bits per heavy atom. The van der Waals surface area contributed by atoms with Gasteiger partial charge in [-0.05, 0) is 29.8 Å². The standard InChI is InChI=1S/C28H34N2O4/c1-29(16-18-33-20-21-34-19-17-31)23-14-12-22(13-15-23)28(32-3)24-8-4-6-10-26(24)30(2)27-11-7-5-9-25(27)28/h4-15,31H,16-21H2,1-3H3. The molecule has 1 N–H and O–H groups in total. The van der Waals surface area contributed by atoms with Gasteiger partial charge in [-0.15, -0.1) is 0 Å². The summed E-state index contributed by atoms with van der Waals surface area (Å²) >= 11 is 0. The Labute approximate surface area is 202 Å². The lowest BCUT2D eigenvalue weighted by molar-refractivity contribution is 0.0353. The predicted octanol–water partition coefficient (Wildman–Crippen LogP) is 4.17. The molecule has 1 aliphatic heterocycles. The number of aliphatic hydroxyl groups excluding tert-OH is 1. The maximum Gasteiger partial charge on any atom is 0.147 e. The third-order valence-electron chi connectivity index (χ3n) is 6.49. The number of hydrogen-bond donors (Lipinski definition) is 1. The smallest absolute Gasteiger partial charge is 0.147 e. The van der Waals surface area contributed by atoms with Gasteiger partial charge in [-0.2, -0.15) is 0 Å². The second-order valence-corrected chi connectivity index (χ2v) is 8.40. The number of methoxy groups -OCH3 is 1. The Morgan fingerprint density at radius 1 is 0.794 bits per heavy atom. The molecular formula is C28H34N2O4. The van der Waals surface area contributed by atoms with Crippen LogP contribution in [0, 0.1) is 0 Å². The number of likely N-dealkylation sites (N-methyl/N-ethyl adjacent to an activating group) is 1. The van der Waals surface area contributed by atoms with Crippen molar-refractivity contribution in [1.29, 1.82) is 0 Å². The first-order chi connectivity index (χ1) is 16.6. The largest absolute Gasteiger partial charge is 0.394 e. The number of rotatable bonds is 11. The molecule has 1 heterocycles. The van der Waals surface area contributed by atoms with E-state index in [-0.39, 0.29) is 6.61 Å². The second kappa shape index (κ2) is 11.0. The van der Waals surface area contributed by atoms with Gasteiger partial charge >= 0.3 is 0 Å². The maximum atomic E-state index is 8.73. The molecular weight excluding hydrogens is 428 g/mol. The van der Waals surface area contributed by atoms with Crippen LogP contribution in [0.5, 0.6) is 0 Å². The molecule has 0 amide bonds. The van der Waals surface area contributed by atoms with E-state index in [1.165, 1.54) is 0 Å². The van der Waals surface area contributed by atoms with Crippen LogP contribution < -0.4 is 9.80 Å². The molecule has 1 aliphatic rings. The van der Waals surface area contributed by atoms with Gasteiger partial charge in [-0.25, -0.2) is 0 Å². The van der Waals surface area contributed by atoms with Crippen LogP contribution in [0.2, 0.25) is 0 Å². The summed E-state index contributed by atoms with van der Waals surface area (Å²) in [6.07, 6.45) is 0. The number of nitrogens with zero attached hydrogens (tertiary/aromatic N) is 2. The minimum Gasteiger partial charge on any atom is -0.394 e. The van der Waals surface area contributed by atoms with E-state index < -0.39 is 5.60 Å². The van der Waals surface area contributed by atoms with Crippen LogP contribution in [-0.4, -0.2) is 65.9 Å². The Kier molecular flexibility index (Phi) is 7.85.